The molecule has 0 aliphatic carbocycles. The minimum absolute atomic E-state index is 0.589. The van der Waals surface area contributed by atoms with Gasteiger partial charge in [-0.05, 0) is 44.2 Å². The summed E-state index contributed by atoms with van der Waals surface area (Å²) in [4.78, 5) is 1.30. The predicted octanol–water partition coefficient (Wildman–Crippen LogP) is 4.60. The largest absolute Gasteiger partial charge is 0.316 e. The molecule has 2 unspecified atom stereocenters. The van der Waals surface area contributed by atoms with Gasteiger partial charge in [0.05, 0.1) is 0 Å². The van der Waals surface area contributed by atoms with E-state index in [0.717, 1.165) is 5.02 Å². The van der Waals surface area contributed by atoms with Crippen LogP contribution in [0.15, 0.2) is 29.2 Å². The van der Waals surface area contributed by atoms with E-state index >= 15 is 0 Å². The van der Waals surface area contributed by atoms with Crippen molar-refractivity contribution in [3.8, 4) is 0 Å². The summed E-state index contributed by atoms with van der Waals surface area (Å²) in [5, 5.41) is 4.87. The van der Waals surface area contributed by atoms with Crippen molar-refractivity contribution in [3.63, 3.8) is 0 Å². The molecule has 1 aromatic carbocycles. The van der Waals surface area contributed by atoms with E-state index in [1.807, 2.05) is 23.9 Å². The molecule has 0 heterocycles. The van der Waals surface area contributed by atoms with Crippen molar-refractivity contribution in [2.75, 3.05) is 7.05 Å². The number of benzene rings is 1. The summed E-state index contributed by atoms with van der Waals surface area (Å²) in [6.45, 7) is 4.50. The molecule has 0 aliphatic heterocycles. The molecule has 0 fully saturated rings. The number of thioether (sulfide) groups is 1. The molecular weight excluding hydrogens is 250 g/mol. The summed E-state index contributed by atoms with van der Waals surface area (Å²) >= 11 is 7.85. The second-order valence-electron chi connectivity index (χ2n) is 4.20. The Kier molecular flexibility index (Phi) is 7.02. The Morgan fingerprint density at radius 3 is 2.35 bits per heavy atom. The van der Waals surface area contributed by atoms with E-state index in [-0.39, 0.29) is 0 Å². The molecule has 0 amide bonds. The molecule has 1 N–H and O–H groups in total. The van der Waals surface area contributed by atoms with Crippen LogP contribution in [0.1, 0.15) is 33.1 Å². The third-order valence-electron chi connectivity index (χ3n) is 2.92. The standard InChI is InChI=1S/C14H22ClNS/c1-4-6-13(16-3)14(5-2)17-12-9-7-11(15)8-10-12/h7-10,13-14,16H,4-6H2,1-3H3. The van der Waals surface area contributed by atoms with Crippen molar-refractivity contribution in [1.29, 1.82) is 0 Å². The second kappa shape index (κ2) is 8.02. The molecule has 1 rings (SSSR count). The Labute approximate surface area is 114 Å². The van der Waals surface area contributed by atoms with Crippen molar-refractivity contribution in [3.05, 3.63) is 29.3 Å². The predicted molar refractivity (Wildman–Crippen MR) is 79.1 cm³/mol. The lowest BCUT2D eigenvalue weighted by molar-refractivity contribution is 0.490. The third-order valence-corrected chi connectivity index (χ3v) is 4.68. The van der Waals surface area contributed by atoms with Crippen LogP contribution < -0.4 is 5.32 Å². The average molecular weight is 272 g/mol. The van der Waals surface area contributed by atoms with E-state index in [0.29, 0.717) is 11.3 Å². The van der Waals surface area contributed by atoms with Gasteiger partial charge in [-0.3, -0.25) is 0 Å². The Morgan fingerprint density at radius 2 is 1.88 bits per heavy atom. The lowest BCUT2D eigenvalue weighted by Gasteiger charge is -2.25. The van der Waals surface area contributed by atoms with Gasteiger partial charge in [-0.15, -0.1) is 11.8 Å². The highest BCUT2D eigenvalue weighted by Crippen LogP contribution is 2.29. The Bertz CT molecular complexity index is 313. The third kappa shape index (κ3) is 4.90. The fraction of sp³-hybridized carbons (Fsp3) is 0.571. The van der Waals surface area contributed by atoms with Crippen molar-refractivity contribution in [2.24, 2.45) is 0 Å². The first-order chi connectivity index (χ1) is 8.21. The van der Waals surface area contributed by atoms with Crippen LogP contribution in [-0.4, -0.2) is 18.3 Å². The fourth-order valence-corrected chi connectivity index (χ4v) is 3.34. The molecular formula is C14H22ClNS. The maximum absolute atomic E-state index is 5.90. The molecule has 0 saturated carbocycles. The summed E-state index contributed by atoms with van der Waals surface area (Å²) < 4.78 is 0. The van der Waals surface area contributed by atoms with Gasteiger partial charge in [-0.2, -0.15) is 0 Å². The van der Waals surface area contributed by atoms with Crippen LogP contribution in [0, 0.1) is 0 Å². The molecule has 1 nitrogen and oxygen atoms in total. The molecule has 2 atom stereocenters. The molecule has 96 valence electrons. The van der Waals surface area contributed by atoms with Gasteiger partial charge >= 0.3 is 0 Å². The zero-order valence-corrected chi connectivity index (χ0v) is 12.4. The molecule has 0 bridgehead atoms. The van der Waals surface area contributed by atoms with E-state index in [1.54, 1.807) is 0 Å². The monoisotopic (exact) mass is 271 g/mol. The van der Waals surface area contributed by atoms with E-state index in [9.17, 15) is 0 Å². The number of halogens is 1. The molecule has 1 aromatic rings. The summed E-state index contributed by atoms with van der Waals surface area (Å²) in [6.07, 6.45) is 3.64. The van der Waals surface area contributed by atoms with E-state index in [4.69, 9.17) is 11.6 Å². The van der Waals surface area contributed by atoms with Crippen LogP contribution in [0.4, 0.5) is 0 Å². The molecule has 0 aromatic heterocycles. The zero-order valence-electron chi connectivity index (χ0n) is 10.9. The molecule has 0 radical (unpaired) electrons. The van der Waals surface area contributed by atoms with Crippen LogP contribution in [-0.2, 0) is 0 Å². The van der Waals surface area contributed by atoms with Crippen molar-refractivity contribution < 1.29 is 0 Å². The summed E-state index contributed by atoms with van der Waals surface area (Å²) in [5.74, 6) is 0. The molecule has 0 aliphatic rings. The molecule has 17 heavy (non-hydrogen) atoms. The first kappa shape index (κ1) is 14.9. The van der Waals surface area contributed by atoms with Crippen LogP contribution in [0.3, 0.4) is 0 Å². The topological polar surface area (TPSA) is 12.0 Å². The summed E-state index contributed by atoms with van der Waals surface area (Å²) in [6, 6.07) is 8.73. The van der Waals surface area contributed by atoms with E-state index in [1.165, 1.54) is 24.2 Å². The van der Waals surface area contributed by atoms with Crippen molar-refractivity contribution in [2.45, 2.75) is 49.3 Å². The van der Waals surface area contributed by atoms with Gasteiger partial charge in [-0.1, -0.05) is 31.9 Å². The van der Waals surface area contributed by atoms with Crippen molar-refractivity contribution in [1.82, 2.24) is 5.32 Å². The highest BCUT2D eigenvalue weighted by molar-refractivity contribution is 8.00. The zero-order chi connectivity index (χ0) is 12.7. The van der Waals surface area contributed by atoms with Crippen LogP contribution in [0.5, 0.6) is 0 Å². The number of rotatable bonds is 7. The summed E-state index contributed by atoms with van der Waals surface area (Å²) in [5.41, 5.74) is 0. The van der Waals surface area contributed by atoms with Gasteiger partial charge in [0, 0.05) is 21.2 Å². The van der Waals surface area contributed by atoms with Gasteiger partial charge < -0.3 is 5.32 Å². The smallest absolute Gasteiger partial charge is 0.0406 e. The molecule has 3 heteroatoms. The minimum atomic E-state index is 0.589. The molecule has 0 spiro atoms. The summed E-state index contributed by atoms with van der Waals surface area (Å²) in [7, 11) is 2.06. The quantitative estimate of drug-likeness (QED) is 0.728. The van der Waals surface area contributed by atoms with E-state index in [2.05, 4.69) is 38.3 Å². The highest BCUT2D eigenvalue weighted by Gasteiger charge is 2.18. The normalized spacial score (nSPS) is 14.6. The van der Waals surface area contributed by atoms with Gasteiger partial charge in [0.15, 0.2) is 0 Å². The Balaban J connectivity index is 2.64. The fourth-order valence-electron chi connectivity index (χ4n) is 1.97. The Hall–Kier alpha value is -0.180. The van der Waals surface area contributed by atoms with Crippen LogP contribution in [0.25, 0.3) is 0 Å². The highest BCUT2D eigenvalue weighted by atomic mass is 35.5. The SMILES string of the molecule is CCCC(NC)C(CC)Sc1ccc(Cl)cc1. The molecule has 0 saturated heterocycles. The maximum atomic E-state index is 5.90. The van der Waals surface area contributed by atoms with Gasteiger partial charge in [0.1, 0.15) is 0 Å². The van der Waals surface area contributed by atoms with Crippen LogP contribution in [0.2, 0.25) is 5.02 Å². The van der Waals surface area contributed by atoms with E-state index < -0.39 is 0 Å². The lowest BCUT2D eigenvalue weighted by Crippen LogP contribution is -2.35. The Morgan fingerprint density at radius 1 is 1.24 bits per heavy atom. The van der Waals surface area contributed by atoms with Crippen LogP contribution >= 0.6 is 23.4 Å². The number of hydrogen-bond acceptors (Lipinski definition) is 2. The van der Waals surface area contributed by atoms with Gasteiger partial charge in [0.25, 0.3) is 0 Å². The maximum Gasteiger partial charge on any atom is 0.0406 e. The van der Waals surface area contributed by atoms with Gasteiger partial charge in [-0.25, -0.2) is 0 Å². The van der Waals surface area contributed by atoms with Gasteiger partial charge in [0.2, 0.25) is 0 Å². The first-order valence-electron chi connectivity index (χ1n) is 6.30. The average Bonchev–Trinajstić information content (AvgIpc) is 2.36. The second-order valence-corrected chi connectivity index (χ2v) is 5.95. The minimum Gasteiger partial charge on any atom is -0.316 e. The number of nitrogens with one attached hydrogen (secondary N) is 1. The first-order valence-corrected chi connectivity index (χ1v) is 7.56. The van der Waals surface area contributed by atoms with Crippen molar-refractivity contribution >= 4 is 23.4 Å². The lowest BCUT2D eigenvalue weighted by atomic mass is 10.1. The number of hydrogen-bond donors (Lipinski definition) is 1.